The fraction of sp³-hybridized carbons (Fsp3) is 0.409. The van der Waals surface area contributed by atoms with Gasteiger partial charge >= 0.3 is 0 Å². The third kappa shape index (κ3) is 4.25. The van der Waals surface area contributed by atoms with E-state index in [9.17, 15) is 4.79 Å². The highest BCUT2D eigenvalue weighted by molar-refractivity contribution is 6.29. The van der Waals surface area contributed by atoms with Crippen LogP contribution in [0.2, 0.25) is 5.15 Å². The summed E-state index contributed by atoms with van der Waals surface area (Å²) in [4.78, 5) is 29.8. The molecule has 3 aromatic rings. The number of pyridine rings is 2. The monoisotopic (exact) mass is 438 g/mol. The first-order chi connectivity index (χ1) is 15.2. The maximum atomic E-state index is 12.6. The minimum Gasteiger partial charge on any atom is -0.353 e. The van der Waals surface area contributed by atoms with E-state index in [0.29, 0.717) is 48.6 Å². The van der Waals surface area contributed by atoms with E-state index >= 15 is 0 Å². The Balaban J connectivity index is 1.20. The molecule has 160 valence electrons. The molecule has 0 aromatic carbocycles. The van der Waals surface area contributed by atoms with Crippen molar-refractivity contribution < 1.29 is 9.32 Å². The molecule has 0 bridgehead atoms. The fourth-order valence-corrected chi connectivity index (χ4v) is 4.33. The standard InChI is InChI=1S/C22H23ClN6O2/c23-18-7-5-17(14-24-18)22(30)29-11-9-28(10-12-29)19-8-6-16(13-25-19)20-26-21(31-27-20)15-3-1-2-4-15/h5-8,13-15H,1-4,9-12H2. The van der Waals surface area contributed by atoms with E-state index in [1.807, 2.05) is 17.0 Å². The molecular formula is C22H23ClN6O2. The van der Waals surface area contributed by atoms with Gasteiger partial charge < -0.3 is 14.3 Å². The SMILES string of the molecule is O=C(c1ccc(Cl)nc1)N1CCN(c2ccc(-c3noc(C4CCCC4)n3)cn2)CC1. The average Bonchev–Trinajstić information content (AvgIpc) is 3.52. The molecule has 2 aliphatic rings. The van der Waals surface area contributed by atoms with E-state index in [1.54, 1.807) is 18.3 Å². The van der Waals surface area contributed by atoms with E-state index in [1.165, 1.54) is 19.0 Å². The van der Waals surface area contributed by atoms with Crippen molar-refractivity contribution in [3.05, 3.63) is 53.3 Å². The van der Waals surface area contributed by atoms with Crippen LogP contribution in [0.15, 0.2) is 41.2 Å². The van der Waals surface area contributed by atoms with Crippen LogP contribution in [-0.2, 0) is 0 Å². The molecule has 0 unspecified atom stereocenters. The lowest BCUT2D eigenvalue weighted by Gasteiger charge is -2.35. The van der Waals surface area contributed by atoms with Crippen LogP contribution in [0.5, 0.6) is 0 Å². The van der Waals surface area contributed by atoms with Gasteiger partial charge in [0.15, 0.2) is 0 Å². The van der Waals surface area contributed by atoms with Crippen molar-refractivity contribution in [3.8, 4) is 11.4 Å². The summed E-state index contributed by atoms with van der Waals surface area (Å²) in [7, 11) is 0. The summed E-state index contributed by atoms with van der Waals surface area (Å²) < 4.78 is 5.48. The molecular weight excluding hydrogens is 416 g/mol. The van der Waals surface area contributed by atoms with Gasteiger partial charge in [0.2, 0.25) is 11.7 Å². The Kier molecular flexibility index (Phi) is 5.55. The summed E-state index contributed by atoms with van der Waals surface area (Å²) in [5.74, 6) is 2.59. The number of hydrogen-bond donors (Lipinski definition) is 0. The van der Waals surface area contributed by atoms with Gasteiger partial charge in [0.05, 0.1) is 5.56 Å². The third-order valence-corrected chi connectivity index (χ3v) is 6.24. The summed E-state index contributed by atoms with van der Waals surface area (Å²) in [6.45, 7) is 2.68. The molecule has 3 aromatic heterocycles. The molecule has 5 rings (SSSR count). The second-order valence-electron chi connectivity index (χ2n) is 7.99. The highest BCUT2D eigenvalue weighted by Crippen LogP contribution is 2.33. The number of halogens is 1. The summed E-state index contributed by atoms with van der Waals surface area (Å²) in [5, 5.41) is 4.52. The molecule has 0 N–H and O–H groups in total. The number of hydrogen-bond acceptors (Lipinski definition) is 7. The number of piperazine rings is 1. The Morgan fingerprint density at radius 3 is 2.48 bits per heavy atom. The number of aromatic nitrogens is 4. The lowest BCUT2D eigenvalue weighted by molar-refractivity contribution is 0.0746. The zero-order valence-electron chi connectivity index (χ0n) is 17.1. The number of carbonyl (C=O) groups excluding carboxylic acids is 1. The van der Waals surface area contributed by atoms with Crippen LogP contribution in [0.4, 0.5) is 5.82 Å². The van der Waals surface area contributed by atoms with E-state index in [2.05, 4.69) is 25.0 Å². The number of amides is 1. The lowest BCUT2D eigenvalue weighted by atomic mass is 10.1. The first-order valence-electron chi connectivity index (χ1n) is 10.6. The second kappa shape index (κ2) is 8.63. The van der Waals surface area contributed by atoms with E-state index < -0.39 is 0 Å². The first kappa shape index (κ1) is 19.9. The smallest absolute Gasteiger partial charge is 0.255 e. The highest BCUT2D eigenvalue weighted by atomic mass is 35.5. The quantitative estimate of drug-likeness (QED) is 0.572. The van der Waals surface area contributed by atoms with E-state index in [-0.39, 0.29) is 5.91 Å². The van der Waals surface area contributed by atoms with Crippen molar-refractivity contribution in [2.24, 2.45) is 0 Å². The van der Waals surface area contributed by atoms with E-state index in [0.717, 1.165) is 30.1 Å². The van der Waals surface area contributed by atoms with Gasteiger partial charge in [0, 0.05) is 50.1 Å². The summed E-state index contributed by atoms with van der Waals surface area (Å²) in [6, 6.07) is 7.29. The maximum absolute atomic E-state index is 12.6. The predicted molar refractivity (Wildman–Crippen MR) is 116 cm³/mol. The van der Waals surface area contributed by atoms with Crippen LogP contribution in [0.1, 0.15) is 47.8 Å². The zero-order valence-corrected chi connectivity index (χ0v) is 17.8. The zero-order chi connectivity index (χ0) is 21.2. The number of nitrogens with zero attached hydrogens (tertiary/aromatic N) is 6. The Labute approximate surface area is 185 Å². The van der Waals surface area contributed by atoms with Crippen molar-refractivity contribution in [1.82, 2.24) is 25.0 Å². The van der Waals surface area contributed by atoms with Crippen molar-refractivity contribution >= 4 is 23.3 Å². The topological polar surface area (TPSA) is 88.3 Å². The van der Waals surface area contributed by atoms with E-state index in [4.69, 9.17) is 16.1 Å². The molecule has 1 amide bonds. The minimum absolute atomic E-state index is 0.0257. The van der Waals surface area contributed by atoms with Crippen LogP contribution in [0, 0.1) is 0 Å². The van der Waals surface area contributed by atoms with Crippen molar-refractivity contribution in [2.75, 3.05) is 31.1 Å². The molecule has 4 heterocycles. The van der Waals surface area contributed by atoms with Gasteiger partial charge in [-0.15, -0.1) is 0 Å². The predicted octanol–water partition coefficient (Wildman–Crippen LogP) is 3.80. The Morgan fingerprint density at radius 1 is 1.00 bits per heavy atom. The highest BCUT2D eigenvalue weighted by Gasteiger charge is 2.25. The van der Waals surface area contributed by atoms with Crippen molar-refractivity contribution in [2.45, 2.75) is 31.6 Å². The first-order valence-corrected chi connectivity index (χ1v) is 11.0. The molecule has 0 spiro atoms. The fourth-order valence-electron chi connectivity index (χ4n) is 4.22. The third-order valence-electron chi connectivity index (χ3n) is 6.02. The maximum Gasteiger partial charge on any atom is 0.255 e. The molecule has 8 nitrogen and oxygen atoms in total. The molecule has 2 fully saturated rings. The summed E-state index contributed by atoms with van der Waals surface area (Å²) in [5.41, 5.74) is 1.40. The van der Waals surface area contributed by atoms with Gasteiger partial charge in [-0.05, 0) is 37.1 Å². The second-order valence-corrected chi connectivity index (χ2v) is 8.38. The van der Waals surface area contributed by atoms with Crippen LogP contribution in [0.25, 0.3) is 11.4 Å². The number of carbonyl (C=O) groups is 1. The van der Waals surface area contributed by atoms with Gasteiger partial charge in [-0.2, -0.15) is 4.98 Å². The van der Waals surface area contributed by atoms with Crippen LogP contribution < -0.4 is 4.90 Å². The van der Waals surface area contributed by atoms with Crippen molar-refractivity contribution in [1.29, 1.82) is 0 Å². The van der Waals surface area contributed by atoms with Crippen LogP contribution >= 0.6 is 11.6 Å². The largest absolute Gasteiger partial charge is 0.353 e. The summed E-state index contributed by atoms with van der Waals surface area (Å²) >= 11 is 5.81. The normalized spacial score (nSPS) is 17.3. The minimum atomic E-state index is -0.0257. The van der Waals surface area contributed by atoms with Crippen LogP contribution in [-0.4, -0.2) is 57.1 Å². The molecule has 1 saturated heterocycles. The lowest BCUT2D eigenvalue weighted by Crippen LogP contribution is -2.49. The molecule has 9 heteroatoms. The molecule has 1 aliphatic carbocycles. The molecule has 31 heavy (non-hydrogen) atoms. The summed E-state index contributed by atoms with van der Waals surface area (Å²) in [6.07, 6.45) is 8.02. The number of anilines is 1. The molecule has 0 radical (unpaired) electrons. The van der Waals surface area contributed by atoms with Crippen LogP contribution in [0.3, 0.4) is 0 Å². The van der Waals surface area contributed by atoms with Crippen molar-refractivity contribution in [3.63, 3.8) is 0 Å². The number of rotatable bonds is 4. The Hall–Kier alpha value is -3.00. The molecule has 1 aliphatic heterocycles. The molecule has 0 atom stereocenters. The Morgan fingerprint density at radius 2 is 1.81 bits per heavy atom. The van der Waals surface area contributed by atoms with Gasteiger partial charge in [-0.3, -0.25) is 4.79 Å². The van der Waals surface area contributed by atoms with Gasteiger partial charge in [-0.25, -0.2) is 9.97 Å². The van der Waals surface area contributed by atoms with Gasteiger partial charge in [-0.1, -0.05) is 29.6 Å². The molecule has 1 saturated carbocycles. The average molecular weight is 439 g/mol. The van der Waals surface area contributed by atoms with Gasteiger partial charge in [0.25, 0.3) is 5.91 Å². The Bertz CT molecular complexity index is 1040. The van der Waals surface area contributed by atoms with Gasteiger partial charge in [0.1, 0.15) is 11.0 Å².